The molecule has 0 bridgehead atoms. The largest absolute Gasteiger partial charge is 0.372 e. The van der Waals surface area contributed by atoms with Crippen LogP contribution in [0, 0.1) is 6.92 Å². The lowest BCUT2D eigenvalue weighted by atomic mass is 10.1. The van der Waals surface area contributed by atoms with Crippen LogP contribution in [0.1, 0.15) is 25.0 Å². The average molecular weight is 361 g/mol. The van der Waals surface area contributed by atoms with Crippen molar-refractivity contribution in [2.24, 2.45) is 0 Å². The van der Waals surface area contributed by atoms with Crippen LogP contribution < -0.4 is 15.5 Å². The summed E-state index contributed by atoms with van der Waals surface area (Å²) in [4.78, 5) is 11.2. The van der Waals surface area contributed by atoms with E-state index in [-0.39, 0.29) is 0 Å². The Morgan fingerprint density at radius 3 is 2.37 bits per heavy atom. The molecule has 0 atom stereocenters. The third kappa shape index (κ3) is 4.97. The molecule has 0 radical (unpaired) electrons. The molecule has 0 saturated heterocycles. The molecular formula is C22H27N5. The molecule has 0 aliphatic heterocycles. The Bertz CT molecular complexity index is 857. The summed E-state index contributed by atoms with van der Waals surface area (Å²) in [6.45, 7) is 9.19. The van der Waals surface area contributed by atoms with Crippen LogP contribution in [0.4, 0.5) is 23.1 Å². The molecule has 0 amide bonds. The summed E-state index contributed by atoms with van der Waals surface area (Å²) in [7, 11) is 0. The van der Waals surface area contributed by atoms with Crippen molar-refractivity contribution in [3.8, 4) is 0 Å². The predicted octanol–water partition coefficient (Wildman–Crippen LogP) is 4.99. The fourth-order valence-electron chi connectivity index (χ4n) is 2.99. The fraction of sp³-hybridized carbons (Fsp3) is 0.273. The van der Waals surface area contributed by atoms with Crippen molar-refractivity contribution in [1.29, 1.82) is 0 Å². The van der Waals surface area contributed by atoms with Gasteiger partial charge in [0.2, 0.25) is 5.95 Å². The van der Waals surface area contributed by atoms with Gasteiger partial charge in [0.1, 0.15) is 5.82 Å². The van der Waals surface area contributed by atoms with Gasteiger partial charge in [0.15, 0.2) is 0 Å². The number of benzene rings is 2. The molecule has 1 aromatic heterocycles. The van der Waals surface area contributed by atoms with Crippen LogP contribution in [0.2, 0.25) is 0 Å². The molecule has 0 aliphatic carbocycles. The van der Waals surface area contributed by atoms with Gasteiger partial charge in [0.25, 0.3) is 0 Å². The minimum Gasteiger partial charge on any atom is -0.372 e. The van der Waals surface area contributed by atoms with Crippen LogP contribution in [0.15, 0.2) is 60.8 Å². The molecule has 0 unspecified atom stereocenters. The third-order valence-corrected chi connectivity index (χ3v) is 4.63. The van der Waals surface area contributed by atoms with Crippen LogP contribution in [-0.2, 0) is 6.54 Å². The maximum Gasteiger partial charge on any atom is 0.229 e. The molecular weight excluding hydrogens is 334 g/mol. The van der Waals surface area contributed by atoms with Crippen molar-refractivity contribution < 1.29 is 0 Å². The third-order valence-electron chi connectivity index (χ3n) is 4.63. The molecule has 0 spiro atoms. The molecule has 27 heavy (non-hydrogen) atoms. The highest BCUT2D eigenvalue weighted by Crippen LogP contribution is 2.20. The predicted molar refractivity (Wildman–Crippen MR) is 114 cm³/mol. The zero-order chi connectivity index (χ0) is 19.1. The maximum absolute atomic E-state index is 4.56. The number of nitrogens with one attached hydrogen (secondary N) is 2. The topological polar surface area (TPSA) is 53.1 Å². The minimum absolute atomic E-state index is 0.584. The van der Waals surface area contributed by atoms with Gasteiger partial charge in [0.05, 0.1) is 0 Å². The van der Waals surface area contributed by atoms with E-state index in [1.807, 2.05) is 6.07 Å². The van der Waals surface area contributed by atoms with Crippen molar-refractivity contribution in [3.63, 3.8) is 0 Å². The van der Waals surface area contributed by atoms with Crippen LogP contribution in [0.5, 0.6) is 0 Å². The van der Waals surface area contributed by atoms with E-state index in [0.29, 0.717) is 5.95 Å². The zero-order valence-electron chi connectivity index (χ0n) is 16.2. The second-order valence-corrected chi connectivity index (χ2v) is 6.39. The molecule has 5 heteroatoms. The van der Waals surface area contributed by atoms with Gasteiger partial charge in [-0.15, -0.1) is 0 Å². The number of aryl methyl sites for hydroxylation is 1. The van der Waals surface area contributed by atoms with E-state index in [1.54, 1.807) is 6.20 Å². The Balaban J connectivity index is 1.64. The Morgan fingerprint density at radius 2 is 1.67 bits per heavy atom. The van der Waals surface area contributed by atoms with Gasteiger partial charge in [-0.2, -0.15) is 4.98 Å². The fourth-order valence-corrected chi connectivity index (χ4v) is 2.99. The molecule has 1 heterocycles. The highest BCUT2D eigenvalue weighted by Gasteiger charge is 2.04. The van der Waals surface area contributed by atoms with Crippen molar-refractivity contribution >= 4 is 23.1 Å². The Labute approximate surface area is 161 Å². The highest BCUT2D eigenvalue weighted by molar-refractivity contribution is 5.60. The zero-order valence-corrected chi connectivity index (χ0v) is 16.2. The summed E-state index contributed by atoms with van der Waals surface area (Å²) in [5.74, 6) is 1.39. The lowest BCUT2D eigenvalue weighted by Gasteiger charge is -2.21. The molecule has 0 fully saturated rings. The molecule has 2 aromatic carbocycles. The van der Waals surface area contributed by atoms with E-state index in [4.69, 9.17) is 0 Å². The normalized spacial score (nSPS) is 10.5. The highest BCUT2D eigenvalue weighted by atomic mass is 15.1. The van der Waals surface area contributed by atoms with Gasteiger partial charge >= 0.3 is 0 Å². The summed E-state index contributed by atoms with van der Waals surface area (Å²) in [5, 5.41) is 6.64. The van der Waals surface area contributed by atoms with E-state index in [1.165, 1.54) is 16.8 Å². The number of hydrogen-bond donors (Lipinski definition) is 2. The summed E-state index contributed by atoms with van der Waals surface area (Å²) in [6, 6.07) is 18.6. The van der Waals surface area contributed by atoms with E-state index in [0.717, 1.165) is 31.1 Å². The summed E-state index contributed by atoms with van der Waals surface area (Å²) in [6.07, 6.45) is 1.76. The average Bonchev–Trinajstić information content (AvgIpc) is 2.70. The first-order valence-electron chi connectivity index (χ1n) is 9.43. The lowest BCUT2D eigenvalue weighted by molar-refractivity contribution is 0.866. The molecule has 3 rings (SSSR count). The van der Waals surface area contributed by atoms with Crippen molar-refractivity contribution in [3.05, 3.63) is 71.9 Å². The number of aromatic nitrogens is 2. The van der Waals surface area contributed by atoms with Gasteiger partial charge in [-0.25, -0.2) is 4.98 Å². The van der Waals surface area contributed by atoms with Gasteiger partial charge in [0, 0.05) is 37.2 Å². The summed E-state index contributed by atoms with van der Waals surface area (Å²) in [5.41, 5.74) is 4.73. The first kappa shape index (κ1) is 18.7. The number of anilines is 4. The van der Waals surface area contributed by atoms with Crippen molar-refractivity contribution in [2.45, 2.75) is 27.3 Å². The minimum atomic E-state index is 0.584. The molecule has 5 nitrogen and oxygen atoms in total. The monoisotopic (exact) mass is 361 g/mol. The molecule has 2 N–H and O–H groups in total. The number of hydrogen-bond acceptors (Lipinski definition) is 5. The van der Waals surface area contributed by atoms with Crippen LogP contribution in [0.3, 0.4) is 0 Å². The van der Waals surface area contributed by atoms with Crippen LogP contribution in [-0.4, -0.2) is 23.1 Å². The van der Waals surface area contributed by atoms with E-state index in [9.17, 15) is 0 Å². The molecule has 0 aliphatic rings. The molecule has 140 valence electrons. The Kier molecular flexibility index (Phi) is 6.26. The van der Waals surface area contributed by atoms with E-state index < -0.39 is 0 Å². The SMILES string of the molecule is CCN(CC)c1ccc(Nc2nccc(NCc3ccccc3C)n2)cc1. The number of rotatable bonds is 8. The lowest BCUT2D eigenvalue weighted by Crippen LogP contribution is -2.21. The summed E-state index contributed by atoms with van der Waals surface area (Å²) < 4.78 is 0. The van der Waals surface area contributed by atoms with Gasteiger partial charge in [-0.05, 0) is 62.2 Å². The standard InChI is InChI=1S/C22H27N5/c1-4-27(5-2)20-12-10-19(11-13-20)25-22-23-15-14-21(26-22)24-16-18-9-7-6-8-17(18)3/h6-15H,4-5,16H2,1-3H3,(H2,23,24,25,26). The van der Waals surface area contributed by atoms with Crippen LogP contribution in [0.25, 0.3) is 0 Å². The first-order chi connectivity index (χ1) is 13.2. The smallest absolute Gasteiger partial charge is 0.229 e. The summed E-state index contributed by atoms with van der Waals surface area (Å²) >= 11 is 0. The van der Waals surface area contributed by atoms with Crippen molar-refractivity contribution in [2.75, 3.05) is 28.6 Å². The van der Waals surface area contributed by atoms with Crippen LogP contribution >= 0.6 is 0 Å². The quantitative estimate of drug-likeness (QED) is 0.592. The first-order valence-corrected chi connectivity index (χ1v) is 9.43. The second-order valence-electron chi connectivity index (χ2n) is 6.39. The Morgan fingerprint density at radius 1 is 0.926 bits per heavy atom. The van der Waals surface area contributed by atoms with Gasteiger partial charge < -0.3 is 15.5 Å². The Hall–Kier alpha value is -3.08. The maximum atomic E-state index is 4.56. The van der Waals surface area contributed by atoms with E-state index >= 15 is 0 Å². The number of nitrogens with zero attached hydrogens (tertiary/aromatic N) is 3. The van der Waals surface area contributed by atoms with Crippen molar-refractivity contribution in [1.82, 2.24) is 9.97 Å². The molecule has 3 aromatic rings. The molecule has 0 saturated carbocycles. The second kappa shape index (κ2) is 9.03. The van der Waals surface area contributed by atoms with E-state index in [2.05, 4.69) is 94.8 Å². The van der Waals surface area contributed by atoms with Gasteiger partial charge in [-0.3, -0.25) is 0 Å². The van der Waals surface area contributed by atoms with Gasteiger partial charge in [-0.1, -0.05) is 24.3 Å².